The molecule has 7 nitrogen and oxygen atoms in total. The number of aryl methyl sites for hydroxylation is 1. The maximum atomic E-state index is 12.5. The van der Waals surface area contributed by atoms with E-state index >= 15 is 0 Å². The van der Waals surface area contributed by atoms with Crippen molar-refractivity contribution < 1.29 is 13.5 Å². The number of nitrogens with zero attached hydrogens (tertiary/aromatic N) is 3. The number of nitrogens with one attached hydrogen (secondary N) is 1. The van der Waals surface area contributed by atoms with Crippen LogP contribution in [0.4, 0.5) is 5.69 Å². The fourth-order valence-electron chi connectivity index (χ4n) is 2.44. The van der Waals surface area contributed by atoms with Crippen LogP contribution in [-0.4, -0.2) is 28.5 Å². The van der Waals surface area contributed by atoms with Crippen molar-refractivity contribution in [3.63, 3.8) is 0 Å². The maximum absolute atomic E-state index is 12.5. The van der Waals surface area contributed by atoms with E-state index in [4.69, 9.17) is 0 Å². The molecular formula is C18H20N4O3S. The second-order valence-corrected chi connectivity index (χ2v) is 7.56. The number of rotatable bonds is 7. The lowest BCUT2D eigenvalue weighted by Crippen LogP contribution is -2.13. The van der Waals surface area contributed by atoms with E-state index in [1.807, 2.05) is 6.20 Å². The molecule has 26 heavy (non-hydrogen) atoms. The summed E-state index contributed by atoms with van der Waals surface area (Å²) in [4.78, 5) is 0.0934. The molecule has 1 aromatic heterocycles. The summed E-state index contributed by atoms with van der Waals surface area (Å²) in [5.41, 5.74) is 1.76. The van der Waals surface area contributed by atoms with Gasteiger partial charge >= 0.3 is 0 Å². The lowest BCUT2D eigenvalue weighted by Gasteiger charge is -2.10. The number of unbranched alkanes of at least 4 members (excludes halogenated alkanes) is 1. The van der Waals surface area contributed by atoms with E-state index in [0.717, 1.165) is 30.6 Å². The second kappa shape index (κ2) is 7.57. The Bertz CT molecular complexity index is 982. The minimum Gasteiger partial charge on any atom is -0.506 e. The predicted molar refractivity (Wildman–Crippen MR) is 98.9 cm³/mol. The number of aromatic nitrogens is 3. The third kappa shape index (κ3) is 4.02. The molecule has 0 atom stereocenters. The van der Waals surface area contributed by atoms with Gasteiger partial charge in [-0.05, 0) is 49.2 Å². The van der Waals surface area contributed by atoms with Crippen LogP contribution in [0, 0.1) is 0 Å². The Morgan fingerprint density at radius 2 is 1.85 bits per heavy atom. The molecule has 0 radical (unpaired) electrons. The lowest BCUT2D eigenvalue weighted by molar-refractivity contribution is 0.477. The second-order valence-electron chi connectivity index (χ2n) is 5.87. The third-order valence-electron chi connectivity index (χ3n) is 3.89. The molecule has 0 aliphatic rings. The first-order valence-corrected chi connectivity index (χ1v) is 9.80. The fourth-order valence-corrected chi connectivity index (χ4v) is 3.51. The standard InChI is InChI=1S/C18H20N4O3S/c1-2-3-6-14-13-22(21-19-14)15-9-11-16(12-10-15)26(24,25)20-17-7-4-5-8-18(17)23/h4-5,7-13,20,23H,2-3,6H2,1H3. The van der Waals surface area contributed by atoms with Gasteiger partial charge in [-0.15, -0.1) is 5.10 Å². The van der Waals surface area contributed by atoms with E-state index in [2.05, 4.69) is 22.0 Å². The van der Waals surface area contributed by atoms with Crippen molar-refractivity contribution in [1.82, 2.24) is 15.0 Å². The summed E-state index contributed by atoms with van der Waals surface area (Å²) in [5.74, 6) is -0.130. The molecular weight excluding hydrogens is 352 g/mol. The van der Waals surface area contributed by atoms with Crippen molar-refractivity contribution in [1.29, 1.82) is 0 Å². The predicted octanol–water partition coefficient (Wildman–Crippen LogP) is 3.12. The lowest BCUT2D eigenvalue weighted by atomic mass is 10.2. The van der Waals surface area contributed by atoms with Crippen LogP contribution in [0.2, 0.25) is 0 Å². The van der Waals surface area contributed by atoms with Gasteiger partial charge in [0.25, 0.3) is 10.0 Å². The number of aromatic hydroxyl groups is 1. The summed E-state index contributed by atoms with van der Waals surface area (Å²) in [7, 11) is -3.80. The average Bonchev–Trinajstić information content (AvgIpc) is 3.11. The molecule has 2 N–H and O–H groups in total. The zero-order valence-corrected chi connectivity index (χ0v) is 15.1. The molecule has 1 heterocycles. The van der Waals surface area contributed by atoms with E-state index in [9.17, 15) is 13.5 Å². The van der Waals surface area contributed by atoms with E-state index < -0.39 is 10.0 Å². The first kappa shape index (κ1) is 17.9. The van der Waals surface area contributed by atoms with Crippen LogP contribution in [0.1, 0.15) is 25.5 Å². The first-order valence-electron chi connectivity index (χ1n) is 8.32. The number of benzene rings is 2. The molecule has 0 saturated heterocycles. The van der Waals surface area contributed by atoms with Gasteiger partial charge in [-0.3, -0.25) is 4.72 Å². The fraction of sp³-hybridized carbons (Fsp3) is 0.222. The van der Waals surface area contributed by atoms with Gasteiger partial charge in [-0.2, -0.15) is 0 Å². The molecule has 136 valence electrons. The highest BCUT2D eigenvalue weighted by molar-refractivity contribution is 7.92. The molecule has 0 aliphatic heterocycles. The molecule has 0 unspecified atom stereocenters. The van der Waals surface area contributed by atoms with Crippen molar-refractivity contribution in [2.45, 2.75) is 31.1 Å². The van der Waals surface area contributed by atoms with Crippen LogP contribution in [-0.2, 0) is 16.4 Å². The molecule has 3 aromatic rings. The smallest absolute Gasteiger partial charge is 0.262 e. The van der Waals surface area contributed by atoms with Crippen LogP contribution in [0.5, 0.6) is 5.75 Å². The molecule has 3 rings (SSSR count). The largest absolute Gasteiger partial charge is 0.506 e. The van der Waals surface area contributed by atoms with Crippen molar-refractivity contribution >= 4 is 15.7 Å². The number of phenols is 1. The number of hydrogen-bond donors (Lipinski definition) is 2. The first-order chi connectivity index (χ1) is 12.5. The SMILES string of the molecule is CCCCc1cn(-c2ccc(S(=O)(=O)Nc3ccccc3O)cc2)nn1. The van der Waals surface area contributed by atoms with Gasteiger partial charge in [-0.1, -0.05) is 30.7 Å². The summed E-state index contributed by atoms with van der Waals surface area (Å²) in [5, 5.41) is 17.9. The van der Waals surface area contributed by atoms with Crippen LogP contribution in [0.25, 0.3) is 5.69 Å². The number of hydrogen-bond acceptors (Lipinski definition) is 5. The molecule has 0 bridgehead atoms. The Balaban J connectivity index is 1.78. The zero-order valence-electron chi connectivity index (χ0n) is 14.3. The Morgan fingerprint density at radius 1 is 1.12 bits per heavy atom. The third-order valence-corrected chi connectivity index (χ3v) is 5.27. The topological polar surface area (TPSA) is 97.1 Å². The monoisotopic (exact) mass is 372 g/mol. The molecule has 0 fully saturated rings. The van der Waals surface area contributed by atoms with Crippen molar-refractivity contribution in [2.75, 3.05) is 4.72 Å². The Labute approximate surface area is 152 Å². The van der Waals surface area contributed by atoms with Crippen molar-refractivity contribution in [3.8, 4) is 11.4 Å². The average molecular weight is 372 g/mol. The van der Waals surface area contributed by atoms with Gasteiger partial charge in [0.05, 0.1) is 28.2 Å². The summed E-state index contributed by atoms with van der Waals surface area (Å²) >= 11 is 0. The zero-order chi connectivity index (χ0) is 18.6. The van der Waals surface area contributed by atoms with Gasteiger partial charge in [0.2, 0.25) is 0 Å². The number of phenolic OH excluding ortho intramolecular Hbond substituents is 1. The highest BCUT2D eigenvalue weighted by atomic mass is 32.2. The van der Waals surface area contributed by atoms with Crippen molar-refractivity contribution in [3.05, 3.63) is 60.4 Å². The quantitative estimate of drug-likeness (QED) is 0.621. The van der Waals surface area contributed by atoms with E-state index in [0.29, 0.717) is 0 Å². The van der Waals surface area contributed by atoms with Crippen molar-refractivity contribution in [2.24, 2.45) is 0 Å². The maximum Gasteiger partial charge on any atom is 0.262 e. The van der Waals surface area contributed by atoms with Gasteiger partial charge in [0.1, 0.15) is 5.75 Å². The molecule has 0 spiro atoms. The van der Waals surface area contributed by atoms with Crippen LogP contribution >= 0.6 is 0 Å². The number of para-hydroxylation sites is 2. The van der Waals surface area contributed by atoms with E-state index in [1.165, 1.54) is 24.3 Å². The minimum absolute atomic E-state index is 0.0934. The highest BCUT2D eigenvalue weighted by Gasteiger charge is 2.16. The molecule has 0 saturated carbocycles. The molecule has 0 aliphatic carbocycles. The Kier molecular flexibility index (Phi) is 5.22. The Morgan fingerprint density at radius 3 is 2.54 bits per heavy atom. The summed E-state index contributed by atoms with van der Waals surface area (Å²) in [6, 6.07) is 12.5. The van der Waals surface area contributed by atoms with Crippen LogP contribution < -0.4 is 4.72 Å². The van der Waals surface area contributed by atoms with E-state index in [1.54, 1.807) is 28.9 Å². The summed E-state index contributed by atoms with van der Waals surface area (Å²) in [6.07, 6.45) is 4.85. The van der Waals surface area contributed by atoms with Gasteiger partial charge < -0.3 is 5.11 Å². The molecule has 0 amide bonds. The number of anilines is 1. The number of sulfonamides is 1. The highest BCUT2D eigenvalue weighted by Crippen LogP contribution is 2.25. The normalized spacial score (nSPS) is 11.4. The van der Waals surface area contributed by atoms with Crippen LogP contribution in [0.15, 0.2) is 59.6 Å². The Hall–Kier alpha value is -2.87. The molecule has 8 heteroatoms. The summed E-state index contributed by atoms with van der Waals surface area (Å²) < 4.78 is 28.9. The van der Waals surface area contributed by atoms with Gasteiger partial charge in [0.15, 0.2) is 0 Å². The van der Waals surface area contributed by atoms with Crippen LogP contribution in [0.3, 0.4) is 0 Å². The van der Waals surface area contributed by atoms with E-state index in [-0.39, 0.29) is 16.3 Å². The van der Waals surface area contributed by atoms with Gasteiger partial charge in [0, 0.05) is 0 Å². The minimum atomic E-state index is -3.80. The molecule has 2 aromatic carbocycles. The summed E-state index contributed by atoms with van der Waals surface area (Å²) in [6.45, 7) is 2.12. The van der Waals surface area contributed by atoms with Gasteiger partial charge in [-0.25, -0.2) is 13.1 Å².